The maximum atomic E-state index is 13.4. The molecule has 0 unspecified atom stereocenters. The number of rotatable bonds is 6. The molecule has 0 saturated carbocycles. The Bertz CT molecular complexity index is 509. The molecular formula is C15H19FN2O2. The van der Waals surface area contributed by atoms with Gasteiger partial charge in [0.1, 0.15) is 0 Å². The smallest absolute Gasteiger partial charge is 0.254 e. The van der Waals surface area contributed by atoms with E-state index in [1.54, 1.807) is 4.90 Å². The Morgan fingerprint density at radius 1 is 1.50 bits per heavy atom. The van der Waals surface area contributed by atoms with Crippen LogP contribution in [-0.2, 0) is 0 Å². The molecule has 1 amide bonds. The summed E-state index contributed by atoms with van der Waals surface area (Å²) in [6.07, 6.45) is 0.275. The lowest BCUT2D eigenvalue weighted by atomic mass is 10.1. The predicted molar refractivity (Wildman–Crippen MR) is 73.9 cm³/mol. The first kappa shape index (κ1) is 16.0. The molecule has 20 heavy (non-hydrogen) atoms. The predicted octanol–water partition coefficient (Wildman–Crippen LogP) is 2.85. The van der Waals surface area contributed by atoms with Crippen molar-refractivity contribution in [3.05, 3.63) is 29.6 Å². The highest BCUT2D eigenvalue weighted by Gasteiger charge is 2.18. The molecule has 0 aromatic heterocycles. The van der Waals surface area contributed by atoms with Crippen LogP contribution >= 0.6 is 0 Å². The van der Waals surface area contributed by atoms with Crippen LogP contribution in [0.15, 0.2) is 18.2 Å². The maximum absolute atomic E-state index is 13.4. The summed E-state index contributed by atoms with van der Waals surface area (Å²) in [6, 6.07) is 6.06. The number of carbonyl (C=O) groups is 1. The summed E-state index contributed by atoms with van der Waals surface area (Å²) in [5.74, 6) is -0.385. The minimum atomic E-state index is -0.503. The molecule has 0 bridgehead atoms. The van der Waals surface area contributed by atoms with Gasteiger partial charge in [0.25, 0.3) is 5.91 Å². The summed E-state index contributed by atoms with van der Waals surface area (Å²) in [5.41, 5.74) is 0.363. The van der Waals surface area contributed by atoms with Crippen molar-refractivity contribution in [2.24, 2.45) is 5.92 Å². The topological polar surface area (TPSA) is 53.3 Å². The summed E-state index contributed by atoms with van der Waals surface area (Å²) < 4.78 is 18.2. The first-order chi connectivity index (χ1) is 9.49. The molecule has 0 atom stereocenters. The van der Waals surface area contributed by atoms with E-state index in [1.807, 2.05) is 19.9 Å². The highest BCUT2D eigenvalue weighted by Crippen LogP contribution is 2.19. The molecule has 0 radical (unpaired) electrons. The second kappa shape index (κ2) is 7.49. The van der Waals surface area contributed by atoms with E-state index in [1.165, 1.54) is 25.3 Å². The van der Waals surface area contributed by atoms with Crippen molar-refractivity contribution < 1.29 is 13.9 Å². The molecule has 1 rings (SSSR count). The van der Waals surface area contributed by atoms with E-state index in [0.717, 1.165) is 0 Å². The van der Waals surface area contributed by atoms with Crippen molar-refractivity contribution in [1.82, 2.24) is 4.90 Å². The zero-order valence-corrected chi connectivity index (χ0v) is 12.0. The summed E-state index contributed by atoms with van der Waals surface area (Å²) in [7, 11) is 1.36. The van der Waals surface area contributed by atoms with E-state index in [-0.39, 0.29) is 18.1 Å². The molecule has 0 N–H and O–H groups in total. The van der Waals surface area contributed by atoms with Crippen LogP contribution in [0, 0.1) is 23.1 Å². The monoisotopic (exact) mass is 278 g/mol. The average molecular weight is 278 g/mol. The van der Waals surface area contributed by atoms with Crippen LogP contribution in [-0.4, -0.2) is 31.0 Å². The molecule has 1 aromatic carbocycles. The zero-order chi connectivity index (χ0) is 15.1. The third kappa shape index (κ3) is 4.23. The van der Waals surface area contributed by atoms with E-state index in [9.17, 15) is 9.18 Å². The fourth-order valence-corrected chi connectivity index (χ4v) is 1.88. The Kier molecular flexibility index (Phi) is 5.98. The standard InChI is InChI=1S/C15H19FN2O2/c1-11(2)10-18(8-4-7-17)15(19)12-5-6-13(16)14(9-12)20-3/h5-6,9,11H,4,8,10H2,1-3H3. The number of hydrogen-bond acceptors (Lipinski definition) is 3. The molecule has 0 aliphatic carbocycles. The van der Waals surface area contributed by atoms with Crippen LogP contribution in [0.4, 0.5) is 4.39 Å². The number of nitriles is 1. The fraction of sp³-hybridized carbons (Fsp3) is 0.467. The van der Waals surface area contributed by atoms with Crippen LogP contribution in [0.2, 0.25) is 0 Å². The second-order valence-corrected chi connectivity index (χ2v) is 4.90. The Labute approximate surface area is 118 Å². The van der Waals surface area contributed by atoms with Gasteiger partial charge in [-0.25, -0.2) is 4.39 Å². The van der Waals surface area contributed by atoms with Crippen LogP contribution < -0.4 is 4.74 Å². The van der Waals surface area contributed by atoms with Gasteiger partial charge in [-0.15, -0.1) is 0 Å². The quantitative estimate of drug-likeness (QED) is 0.804. The molecule has 4 nitrogen and oxygen atoms in total. The zero-order valence-electron chi connectivity index (χ0n) is 12.0. The molecule has 0 aliphatic heterocycles. The molecule has 0 saturated heterocycles. The van der Waals surface area contributed by atoms with Crippen molar-refractivity contribution in [2.75, 3.05) is 20.2 Å². The van der Waals surface area contributed by atoms with Crippen LogP contribution in [0.5, 0.6) is 5.75 Å². The molecule has 0 aliphatic rings. The lowest BCUT2D eigenvalue weighted by Gasteiger charge is -2.23. The van der Waals surface area contributed by atoms with Gasteiger partial charge in [-0.1, -0.05) is 13.8 Å². The first-order valence-corrected chi connectivity index (χ1v) is 6.49. The second-order valence-electron chi connectivity index (χ2n) is 4.90. The fourth-order valence-electron chi connectivity index (χ4n) is 1.88. The lowest BCUT2D eigenvalue weighted by molar-refractivity contribution is 0.0739. The van der Waals surface area contributed by atoms with E-state index in [2.05, 4.69) is 0 Å². The highest BCUT2D eigenvalue weighted by molar-refractivity contribution is 5.94. The summed E-state index contributed by atoms with van der Waals surface area (Å²) in [4.78, 5) is 14.0. The van der Waals surface area contributed by atoms with Gasteiger partial charge >= 0.3 is 0 Å². The first-order valence-electron chi connectivity index (χ1n) is 6.49. The van der Waals surface area contributed by atoms with Crippen LogP contribution in [0.3, 0.4) is 0 Å². The largest absolute Gasteiger partial charge is 0.494 e. The van der Waals surface area contributed by atoms with Gasteiger partial charge in [-0.05, 0) is 24.1 Å². The molecule has 0 fully saturated rings. The SMILES string of the molecule is COc1cc(C(=O)N(CCC#N)CC(C)C)ccc1F. The number of carbonyl (C=O) groups excluding carboxylic acids is 1. The van der Waals surface area contributed by atoms with Gasteiger partial charge in [0.15, 0.2) is 11.6 Å². The number of nitrogens with zero attached hydrogens (tertiary/aromatic N) is 2. The Hall–Kier alpha value is -2.09. The number of hydrogen-bond donors (Lipinski definition) is 0. The van der Waals surface area contributed by atoms with Gasteiger partial charge in [0.2, 0.25) is 0 Å². The van der Waals surface area contributed by atoms with Crippen LogP contribution in [0.1, 0.15) is 30.6 Å². The molecule has 0 spiro atoms. The van der Waals surface area contributed by atoms with Crippen molar-refractivity contribution >= 4 is 5.91 Å². The van der Waals surface area contributed by atoms with Gasteiger partial charge in [0.05, 0.1) is 19.6 Å². The third-order valence-corrected chi connectivity index (χ3v) is 2.76. The van der Waals surface area contributed by atoms with Crippen molar-refractivity contribution in [3.63, 3.8) is 0 Å². The normalized spacial score (nSPS) is 10.2. The van der Waals surface area contributed by atoms with E-state index < -0.39 is 5.82 Å². The lowest BCUT2D eigenvalue weighted by Crippen LogP contribution is -2.35. The summed E-state index contributed by atoms with van der Waals surface area (Å²) >= 11 is 0. The minimum absolute atomic E-state index is 0.0423. The van der Waals surface area contributed by atoms with Crippen molar-refractivity contribution in [2.45, 2.75) is 20.3 Å². The summed E-state index contributed by atoms with van der Waals surface area (Å²) in [6.45, 7) is 4.92. The highest BCUT2D eigenvalue weighted by atomic mass is 19.1. The van der Waals surface area contributed by atoms with Crippen LogP contribution in [0.25, 0.3) is 0 Å². The van der Waals surface area contributed by atoms with E-state index in [0.29, 0.717) is 24.6 Å². The Balaban J connectivity index is 2.96. The van der Waals surface area contributed by atoms with Gasteiger partial charge in [0, 0.05) is 18.7 Å². The Morgan fingerprint density at radius 3 is 2.75 bits per heavy atom. The number of benzene rings is 1. The number of ether oxygens (including phenoxy) is 1. The number of halogens is 1. The molecule has 5 heteroatoms. The maximum Gasteiger partial charge on any atom is 0.254 e. The van der Waals surface area contributed by atoms with Crippen molar-refractivity contribution in [1.29, 1.82) is 5.26 Å². The third-order valence-electron chi connectivity index (χ3n) is 2.76. The summed E-state index contributed by atoms with van der Waals surface area (Å²) in [5, 5.41) is 8.66. The van der Waals surface area contributed by atoms with Gasteiger partial charge < -0.3 is 9.64 Å². The number of amides is 1. The molecule has 0 heterocycles. The van der Waals surface area contributed by atoms with Gasteiger partial charge in [-0.2, -0.15) is 5.26 Å². The molecule has 1 aromatic rings. The van der Waals surface area contributed by atoms with Gasteiger partial charge in [-0.3, -0.25) is 4.79 Å². The number of methoxy groups -OCH3 is 1. The van der Waals surface area contributed by atoms with E-state index in [4.69, 9.17) is 10.00 Å². The average Bonchev–Trinajstić information content (AvgIpc) is 2.42. The molecular weight excluding hydrogens is 259 g/mol. The minimum Gasteiger partial charge on any atom is -0.494 e. The van der Waals surface area contributed by atoms with Crippen molar-refractivity contribution in [3.8, 4) is 11.8 Å². The van der Waals surface area contributed by atoms with E-state index >= 15 is 0 Å². The Morgan fingerprint density at radius 2 is 2.20 bits per heavy atom. The molecule has 108 valence electrons.